The Morgan fingerprint density at radius 2 is 2.04 bits per heavy atom. The second-order valence-corrected chi connectivity index (χ2v) is 8.93. The number of thiophene rings is 1. The Morgan fingerprint density at radius 1 is 1.32 bits per heavy atom. The number of ether oxygens (including phenoxy) is 1. The first-order valence-corrected chi connectivity index (χ1v) is 9.86. The maximum absolute atomic E-state index is 13.0. The van der Waals surface area contributed by atoms with E-state index in [1.165, 1.54) is 24.2 Å². The Kier molecular flexibility index (Phi) is 4.04. The maximum Gasteiger partial charge on any atom is 0.261 e. The minimum atomic E-state index is 0.0296. The van der Waals surface area contributed by atoms with E-state index in [-0.39, 0.29) is 17.5 Å². The van der Waals surface area contributed by atoms with Gasteiger partial charge in [0.05, 0.1) is 16.7 Å². The summed E-state index contributed by atoms with van der Waals surface area (Å²) in [7, 11) is 1.69. The van der Waals surface area contributed by atoms with Crippen LogP contribution in [0.2, 0.25) is 0 Å². The number of nitrogens with zero attached hydrogens (tertiary/aromatic N) is 1. The van der Waals surface area contributed by atoms with Gasteiger partial charge in [-0.05, 0) is 69.6 Å². The number of benzene rings is 1. The molecule has 25 heavy (non-hydrogen) atoms. The van der Waals surface area contributed by atoms with Crippen LogP contribution in [0.5, 0.6) is 5.75 Å². The molecule has 4 heterocycles. The van der Waals surface area contributed by atoms with E-state index in [1.54, 1.807) is 7.11 Å². The number of carbonyl (C=O) groups is 1. The molecule has 5 heteroatoms. The highest BCUT2D eigenvalue weighted by Gasteiger charge is 2.48. The molecule has 0 unspecified atom stereocenters. The van der Waals surface area contributed by atoms with Crippen molar-refractivity contribution in [1.82, 2.24) is 10.2 Å². The first-order chi connectivity index (χ1) is 11.9. The molecular weight excluding hydrogens is 332 g/mol. The van der Waals surface area contributed by atoms with Gasteiger partial charge in [0, 0.05) is 11.6 Å². The highest BCUT2D eigenvalue weighted by Crippen LogP contribution is 2.40. The number of carbonyl (C=O) groups excluding carboxylic acids is 1. The molecule has 3 aliphatic heterocycles. The lowest BCUT2D eigenvalue weighted by atomic mass is 9.72. The molecule has 0 saturated carbocycles. The van der Waals surface area contributed by atoms with Gasteiger partial charge in [0.1, 0.15) is 5.75 Å². The number of aryl methyl sites for hydroxylation is 1. The smallest absolute Gasteiger partial charge is 0.261 e. The zero-order chi connectivity index (χ0) is 17.8. The Morgan fingerprint density at radius 3 is 2.68 bits per heavy atom. The van der Waals surface area contributed by atoms with Crippen LogP contribution in [0.3, 0.4) is 0 Å². The Labute approximate surface area is 153 Å². The van der Waals surface area contributed by atoms with Crippen LogP contribution >= 0.6 is 11.3 Å². The van der Waals surface area contributed by atoms with Gasteiger partial charge in [-0.3, -0.25) is 9.69 Å². The predicted molar refractivity (Wildman–Crippen MR) is 103 cm³/mol. The average molecular weight is 359 g/mol. The second kappa shape index (κ2) is 5.99. The van der Waals surface area contributed by atoms with E-state index >= 15 is 0 Å². The third-order valence-corrected chi connectivity index (χ3v) is 7.29. The van der Waals surface area contributed by atoms with Crippen LogP contribution in [0.25, 0.3) is 10.1 Å². The van der Waals surface area contributed by atoms with E-state index in [0.29, 0.717) is 5.92 Å². The van der Waals surface area contributed by atoms with Crippen LogP contribution in [0.4, 0.5) is 0 Å². The first-order valence-electron chi connectivity index (χ1n) is 9.05. The molecule has 134 valence electrons. The molecule has 3 aliphatic rings. The lowest BCUT2D eigenvalue weighted by Crippen LogP contribution is -2.69. The number of piperidine rings is 3. The molecular formula is C20H26N2O2S. The highest BCUT2D eigenvalue weighted by atomic mass is 32.1. The fourth-order valence-electron chi connectivity index (χ4n) is 4.63. The zero-order valence-electron chi connectivity index (χ0n) is 15.4. The van der Waals surface area contributed by atoms with Crippen LogP contribution in [0, 0.1) is 12.8 Å². The number of amides is 1. The van der Waals surface area contributed by atoms with Gasteiger partial charge in [0.25, 0.3) is 5.91 Å². The maximum atomic E-state index is 13.0. The minimum Gasteiger partial charge on any atom is -0.495 e. The van der Waals surface area contributed by atoms with Crippen molar-refractivity contribution in [3.63, 3.8) is 0 Å². The van der Waals surface area contributed by atoms with Crippen molar-refractivity contribution >= 4 is 27.3 Å². The van der Waals surface area contributed by atoms with Crippen LogP contribution in [0.1, 0.15) is 41.9 Å². The molecule has 1 aromatic heterocycles. The third-order valence-electron chi connectivity index (χ3n) is 6.14. The topological polar surface area (TPSA) is 41.6 Å². The summed E-state index contributed by atoms with van der Waals surface area (Å²) in [5, 5.41) is 4.43. The Hall–Kier alpha value is -1.59. The van der Waals surface area contributed by atoms with E-state index < -0.39 is 0 Å². The third kappa shape index (κ3) is 2.64. The number of nitrogens with one attached hydrogen (secondary N) is 1. The molecule has 1 atom stereocenters. The molecule has 3 saturated heterocycles. The molecule has 1 aromatic carbocycles. The molecule has 0 aliphatic carbocycles. The van der Waals surface area contributed by atoms with Gasteiger partial charge in [-0.15, -0.1) is 11.3 Å². The molecule has 0 radical (unpaired) electrons. The standard InChI is InChI=1S/C20H26N2O2S/c1-12-5-6-14-11-15(25-17(14)16(12)24-4)19(23)21-18-13-7-9-22(10-8-13)20(18,2)3/h5-6,11,13,18H,7-10H2,1-4H3,(H,21,23)/t18-/m1/s1. The van der Waals surface area contributed by atoms with Gasteiger partial charge in [0.2, 0.25) is 0 Å². The second-order valence-electron chi connectivity index (χ2n) is 7.87. The Bertz CT molecular complexity index is 818. The summed E-state index contributed by atoms with van der Waals surface area (Å²) in [5.41, 5.74) is 1.13. The van der Waals surface area contributed by atoms with Crippen molar-refractivity contribution in [2.75, 3.05) is 20.2 Å². The molecule has 4 nitrogen and oxygen atoms in total. The first kappa shape index (κ1) is 16.9. The Balaban J connectivity index is 1.62. The van der Waals surface area contributed by atoms with E-state index in [1.807, 2.05) is 19.1 Å². The van der Waals surface area contributed by atoms with Crippen molar-refractivity contribution in [3.05, 3.63) is 28.6 Å². The summed E-state index contributed by atoms with van der Waals surface area (Å²) in [6.45, 7) is 8.88. The molecule has 0 spiro atoms. The summed E-state index contributed by atoms with van der Waals surface area (Å²) < 4.78 is 6.60. The molecule has 2 bridgehead atoms. The quantitative estimate of drug-likeness (QED) is 0.907. The lowest BCUT2D eigenvalue weighted by Gasteiger charge is -2.56. The lowest BCUT2D eigenvalue weighted by molar-refractivity contribution is -0.0377. The number of hydrogen-bond acceptors (Lipinski definition) is 4. The monoisotopic (exact) mass is 358 g/mol. The zero-order valence-corrected chi connectivity index (χ0v) is 16.2. The molecule has 2 aromatic rings. The van der Waals surface area contributed by atoms with Gasteiger partial charge < -0.3 is 10.1 Å². The van der Waals surface area contributed by atoms with Crippen LogP contribution in [0.15, 0.2) is 18.2 Å². The van der Waals surface area contributed by atoms with E-state index in [9.17, 15) is 4.79 Å². The van der Waals surface area contributed by atoms with Crippen molar-refractivity contribution in [3.8, 4) is 5.75 Å². The van der Waals surface area contributed by atoms with Crippen molar-refractivity contribution in [2.45, 2.75) is 45.2 Å². The van der Waals surface area contributed by atoms with Gasteiger partial charge >= 0.3 is 0 Å². The summed E-state index contributed by atoms with van der Waals surface area (Å²) in [5.74, 6) is 1.52. The van der Waals surface area contributed by atoms with Gasteiger partial charge in [-0.2, -0.15) is 0 Å². The van der Waals surface area contributed by atoms with Gasteiger partial charge in [0.15, 0.2) is 0 Å². The van der Waals surface area contributed by atoms with Crippen molar-refractivity contribution < 1.29 is 9.53 Å². The summed E-state index contributed by atoms with van der Waals surface area (Å²) >= 11 is 1.53. The van der Waals surface area contributed by atoms with Crippen LogP contribution in [-0.4, -0.2) is 42.6 Å². The normalized spacial score (nSPS) is 27.4. The number of fused-ring (bicyclic) bond motifs is 4. The molecule has 5 rings (SSSR count). The predicted octanol–water partition coefficient (Wildman–Crippen LogP) is 3.82. The number of rotatable bonds is 3. The summed E-state index contributed by atoms with van der Waals surface area (Å²) in [4.78, 5) is 16.3. The molecule has 1 N–H and O–H groups in total. The number of hydrogen-bond donors (Lipinski definition) is 1. The largest absolute Gasteiger partial charge is 0.495 e. The fourth-order valence-corrected chi connectivity index (χ4v) is 5.77. The van der Waals surface area contributed by atoms with Crippen molar-refractivity contribution in [1.29, 1.82) is 0 Å². The average Bonchev–Trinajstić information content (AvgIpc) is 3.02. The summed E-state index contributed by atoms with van der Waals surface area (Å²) in [6, 6.07) is 6.33. The van der Waals surface area contributed by atoms with Crippen LogP contribution in [-0.2, 0) is 0 Å². The molecule has 3 fully saturated rings. The van der Waals surface area contributed by atoms with Gasteiger partial charge in [-0.1, -0.05) is 12.1 Å². The SMILES string of the molecule is COc1c(C)ccc2cc(C(=O)N[C@@H]3C4CCN(CC4)C3(C)C)sc12. The van der Waals surface area contributed by atoms with Gasteiger partial charge in [-0.25, -0.2) is 0 Å². The number of methoxy groups -OCH3 is 1. The molecule has 1 amide bonds. The van der Waals surface area contributed by atoms with E-state index in [2.05, 4.69) is 30.1 Å². The van der Waals surface area contributed by atoms with E-state index in [0.717, 1.165) is 39.4 Å². The summed E-state index contributed by atoms with van der Waals surface area (Å²) in [6.07, 6.45) is 2.38. The van der Waals surface area contributed by atoms with Crippen molar-refractivity contribution in [2.24, 2.45) is 5.92 Å². The highest BCUT2D eigenvalue weighted by molar-refractivity contribution is 7.21. The van der Waals surface area contributed by atoms with Crippen LogP contribution < -0.4 is 10.1 Å². The van der Waals surface area contributed by atoms with E-state index in [4.69, 9.17) is 4.74 Å². The fraction of sp³-hybridized carbons (Fsp3) is 0.550. The minimum absolute atomic E-state index is 0.0296.